The largest absolute Gasteiger partial charge is 0.412 e. The topological polar surface area (TPSA) is 0 Å². The molecule has 0 spiro atoms. The third-order valence-electron chi connectivity index (χ3n) is 1.46. The standard InChI is InChI=1S/C7H6BrF3/c8-6-3-1-5(2-4-6)7(9,10)11/h1,3H,2,4H2. The molecule has 0 aromatic rings. The van der Waals surface area contributed by atoms with Crippen LogP contribution in [0.5, 0.6) is 0 Å². The number of halogens is 4. The van der Waals surface area contributed by atoms with Gasteiger partial charge in [0, 0.05) is 5.57 Å². The summed E-state index contributed by atoms with van der Waals surface area (Å²) in [7, 11) is 0. The quantitative estimate of drug-likeness (QED) is 0.593. The Morgan fingerprint density at radius 3 is 2.18 bits per heavy atom. The summed E-state index contributed by atoms with van der Waals surface area (Å²) in [5.74, 6) is 0. The van der Waals surface area contributed by atoms with Gasteiger partial charge in [0.1, 0.15) is 0 Å². The van der Waals surface area contributed by atoms with Crippen LogP contribution in [-0.4, -0.2) is 6.18 Å². The van der Waals surface area contributed by atoms with Gasteiger partial charge in [-0.2, -0.15) is 13.2 Å². The molecule has 0 atom stereocenters. The zero-order valence-electron chi connectivity index (χ0n) is 5.58. The highest BCUT2D eigenvalue weighted by Crippen LogP contribution is 2.33. The summed E-state index contributed by atoms with van der Waals surface area (Å²) in [6, 6.07) is 0. The molecule has 0 fully saturated rings. The summed E-state index contributed by atoms with van der Waals surface area (Å²) in [6.45, 7) is 0. The van der Waals surface area contributed by atoms with Gasteiger partial charge >= 0.3 is 6.18 Å². The summed E-state index contributed by atoms with van der Waals surface area (Å²) in [6.07, 6.45) is -1.05. The smallest absolute Gasteiger partial charge is 0.166 e. The van der Waals surface area contributed by atoms with Crippen LogP contribution in [0.1, 0.15) is 12.8 Å². The molecule has 1 aliphatic carbocycles. The van der Waals surface area contributed by atoms with Crippen molar-refractivity contribution in [2.75, 3.05) is 0 Å². The molecule has 0 aromatic heterocycles. The van der Waals surface area contributed by atoms with E-state index < -0.39 is 11.7 Å². The molecule has 0 aromatic carbocycles. The normalized spacial score (nSPS) is 19.3. The van der Waals surface area contributed by atoms with Gasteiger partial charge in [-0.05, 0) is 17.3 Å². The molecule has 1 rings (SSSR count). The molecule has 0 saturated carbocycles. The summed E-state index contributed by atoms with van der Waals surface area (Å²) < 4.78 is 36.7. The fraction of sp³-hybridized carbons (Fsp3) is 0.429. The molecule has 0 amide bonds. The van der Waals surface area contributed by atoms with Gasteiger partial charge in [-0.3, -0.25) is 0 Å². The number of alkyl halides is 3. The number of rotatable bonds is 0. The molecule has 0 aliphatic heterocycles. The van der Waals surface area contributed by atoms with Crippen molar-refractivity contribution >= 4 is 15.9 Å². The van der Waals surface area contributed by atoms with Gasteiger partial charge in [-0.25, -0.2) is 0 Å². The molecule has 0 bridgehead atoms. The van der Waals surface area contributed by atoms with E-state index in [2.05, 4.69) is 15.9 Å². The van der Waals surface area contributed by atoms with Crippen molar-refractivity contribution in [3.8, 4) is 0 Å². The summed E-state index contributed by atoms with van der Waals surface area (Å²) in [4.78, 5) is 0. The van der Waals surface area contributed by atoms with Gasteiger partial charge in [0.25, 0.3) is 0 Å². The van der Waals surface area contributed by atoms with Gasteiger partial charge in [-0.1, -0.05) is 28.1 Å². The Morgan fingerprint density at radius 1 is 1.18 bits per heavy atom. The van der Waals surface area contributed by atoms with Gasteiger partial charge < -0.3 is 0 Å². The Hall–Kier alpha value is -0.250. The number of allylic oxidation sites excluding steroid dienone is 4. The van der Waals surface area contributed by atoms with Crippen LogP contribution < -0.4 is 0 Å². The molecule has 4 heteroatoms. The highest BCUT2D eigenvalue weighted by Gasteiger charge is 2.33. The average Bonchev–Trinajstić information content (AvgIpc) is 1.86. The maximum absolute atomic E-state index is 12.0. The molecule has 0 heterocycles. The fourth-order valence-electron chi connectivity index (χ4n) is 0.848. The zero-order valence-corrected chi connectivity index (χ0v) is 7.17. The van der Waals surface area contributed by atoms with Gasteiger partial charge in [0.15, 0.2) is 0 Å². The Bertz CT molecular complexity index is 212. The molecule has 62 valence electrons. The molecular weight excluding hydrogens is 221 g/mol. The van der Waals surface area contributed by atoms with E-state index in [-0.39, 0.29) is 6.42 Å². The number of hydrogen-bond acceptors (Lipinski definition) is 0. The second-order valence-corrected chi connectivity index (χ2v) is 3.32. The van der Waals surface area contributed by atoms with E-state index in [0.717, 1.165) is 10.6 Å². The van der Waals surface area contributed by atoms with Crippen LogP contribution in [0.4, 0.5) is 13.2 Å². The van der Waals surface area contributed by atoms with Crippen molar-refractivity contribution < 1.29 is 13.2 Å². The molecule has 0 saturated heterocycles. The van der Waals surface area contributed by atoms with E-state index in [9.17, 15) is 13.2 Å². The van der Waals surface area contributed by atoms with Crippen LogP contribution in [0.3, 0.4) is 0 Å². The summed E-state index contributed by atoms with van der Waals surface area (Å²) >= 11 is 3.13. The Kier molecular flexibility index (Phi) is 2.42. The van der Waals surface area contributed by atoms with Crippen molar-refractivity contribution in [2.24, 2.45) is 0 Å². The SMILES string of the molecule is FC(F)(F)C1=CC=C(Br)CC1. The molecule has 0 nitrogen and oxygen atoms in total. The van der Waals surface area contributed by atoms with Crippen LogP contribution in [0.2, 0.25) is 0 Å². The molecule has 0 radical (unpaired) electrons. The minimum Gasteiger partial charge on any atom is -0.166 e. The second-order valence-electron chi connectivity index (χ2n) is 2.30. The van der Waals surface area contributed by atoms with E-state index >= 15 is 0 Å². The summed E-state index contributed by atoms with van der Waals surface area (Å²) in [5, 5.41) is 0. The fourth-order valence-corrected chi connectivity index (χ4v) is 1.18. The molecule has 0 N–H and O–H groups in total. The van der Waals surface area contributed by atoms with Crippen molar-refractivity contribution in [3.05, 3.63) is 22.2 Å². The van der Waals surface area contributed by atoms with Gasteiger partial charge in [0.2, 0.25) is 0 Å². The molecule has 1 aliphatic rings. The lowest BCUT2D eigenvalue weighted by molar-refractivity contribution is -0.0940. The van der Waals surface area contributed by atoms with Crippen LogP contribution in [-0.2, 0) is 0 Å². The lowest BCUT2D eigenvalue weighted by atomic mass is 10.1. The highest BCUT2D eigenvalue weighted by molar-refractivity contribution is 9.11. The van der Waals surface area contributed by atoms with E-state index in [4.69, 9.17) is 0 Å². The summed E-state index contributed by atoms with van der Waals surface area (Å²) in [5.41, 5.74) is -0.444. The van der Waals surface area contributed by atoms with E-state index in [1.165, 1.54) is 6.08 Å². The van der Waals surface area contributed by atoms with Gasteiger partial charge in [0.05, 0.1) is 0 Å². The van der Waals surface area contributed by atoms with Crippen molar-refractivity contribution in [1.82, 2.24) is 0 Å². The van der Waals surface area contributed by atoms with Crippen LogP contribution >= 0.6 is 15.9 Å². The van der Waals surface area contributed by atoms with Crippen molar-refractivity contribution in [3.63, 3.8) is 0 Å². The Balaban J connectivity index is 2.77. The van der Waals surface area contributed by atoms with Crippen LogP contribution in [0.15, 0.2) is 22.2 Å². The maximum Gasteiger partial charge on any atom is 0.412 e. The lowest BCUT2D eigenvalue weighted by Crippen LogP contribution is -2.12. The second kappa shape index (κ2) is 3.01. The van der Waals surface area contributed by atoms with Crippen LogP contribution in [0, 0.1) is 0 Å². The predicted molar refractivity (Wildman–Crippen MR) is 40.4 cm³/mol. The molecular formula is C7H6BrF3. The Labute approximate surface area is 70.9 Å². The minimum absolute atomic E-state index is 0.0839. The third-order valence-corrected chi connectivity index (χ3v) is 2.12. The van der Waals surface area contributed by atoms with Crippen molar-refractivity contribution in [2.45, 2.75) is 19.0 Å². The highest BCUT2D eigenvalue weighted by atomic mass is 79.9. The maximum atomic E-state index is 12.0. The molecule has 0 unspecified atom stereocenters. The van der Waals surface area contributed by atoms with Gasteiger partial charge in [-0.15, -0.1) is 0 Å². The lowest BCUT2D eigenvalue weighted by Gasteiger charge is -2.13. The third kappa shape index (κ3) is 2.36. The first kappa shape index (κ1) is 8.84. The monoisotopic (exact) mass is 226 g/mol. The first-order chi connectivity index (χ1) is 5.00. The predicted octanol–water partition coefficient (Wildman–Crippen LogP) is 3.55. The van der Waals surface area contributed by atoms with E-state index in [1.807, 2.05) is 0 Å². The molecule has 11 heavy (non-hydrogen) atoms. The first-order valence-corrected chi connectivity index (χ1v) is 3.92. The van der Waals surface area contributed by atoms with E-state index in [1.54, 1.807) is 0 Å². The van der Waals surface area contributed by atoms with Crippen molar-refractivity contribution in [1.29, 1.82) is 0 Å². The zero-order chi connectivity index (χ0) is 8.48. The first-order valence-electron chi connectivity index (χ1n) is 3.12. The number of hydrogen-bond donors (Lipinski definition) is 0. The average molecular weight is 227 g/mol. The Morgan fingerprint density at radius 2 is 1.82 bits per heavy atom. The minimum atomic E-state index is -4.15. The van der Waals surface area contributed by atoms with E-state index in [0.29, 0.717) is 6.42 Å². The van der Waals surface area contributed by atoms with Crippen LogP contribution in [0.25, 0.3) is 0 Å².